The Balaban J connectivity index is 2.19. The Bertz CT molecular complexity index is 834. The highest BCUT2D eigenvalue weighted by Gasteiger charge is 2.11. The SMILES string of the molecule is C=CCc1cc(/C=N\NC(=O)c2cc(Br)ccc2O)cc(OC)c1O. The van der Waals surface area contributed by atoms with Crippen molar-refractivity contribution in [1.29, 1.82) is 0 Å². The molecule has 0 fully saturated rings. The molecule has 0 saturated carbocycles. The van der Waals surface area contributed by atoms with E-state index in [0.717, 1.165) is 0 Å². The first kappa shape index (κ1) is 18.5. The molecule has 0 atom stereocenters. The lowest BCUT2D eigenvalue weighted by Crippen LogP contribution is -2.17. The van der Waals surface area contributed by atoms with Crippen LogP contribution in [0.25, 0.3) is 0 Å². The van der Waals surface area contributed by atoms with Gasteiger partial charge >= 0.3 is 0 Å². The number of nitrogens with zero attached hydrogens (tertiary/aromatic N) is 1. The number of hydrogen-bond donors (Lipinski definition) is 3. The first-order valence-electron chi connectivity index (χ1n) is 7.29. The largest absolute Gasteiger partial charge is 0.507 e. The Hall–Kier alpha value is -2.80. The number of rotatable bonds is 6. The van der Waals surface area contributed by atoms with Crippen LogP contribution in [0.1, 0.15) is 21.5 Å². The van der Waals surface area contributed by atoms with Crippen LogP contribution in [-0.4, -0.2) is 29.4 Å². The Morgan fingerprint density at radius 2 is 2.12 bits per heavy atom. The maximum absolute atomic E-state index is 12.1. The summed E-state index contributed by atoms with van der Waals surface area (Å²) in [5.41, 5.74) is 3.71. The molecule has 1 amide bonds. The number of hydrogen-bond acceptors (Lipinski definition) is 5. The number of nitrogens with one attached hydrogen (secondary N) is 1. The molecule has 0 heterocycles. The fourth-order valence-corrected chi connectivity index (χ4v) is 2.51. The zero-order valence-corrected chi connectivity index (χ0v) is 15.1. The number of carbonyl (C=O) groups is 1. The van der Waals surface area contributed by atoms with Gasteiger partial charge in [-0.1, -0.05) is 22.0 Å². The summed E-state index contributed by atoms with van der Waals surface area (Å²) in [5, 5.41) is 23.7. The van der Waals surface area contributed by atoms with Gasteiger partial charge in [0.1, 0.15) is 5.75 Å². The van der Waals surface area contributed by atoms with Gasteiger partial charge in [-0.3, -0.25) is 4.79 Å². The van der Waals surface area contributed by atoms with Crippen LogP contribution in [0.15, 0.2) is 52.6 Å². The number of allylic oxidation sites excluding steroid dienone is 1. The van der Waals surface area contributed by atoms with Crippen LogP contribution in [0.3, 0.4) is 0 Å². The van der Waals surface area contributed by atoms with Crippen molar-refractivity contribution in [2.75, 3.05) is 7.11 Å². The Labute approximate surface area is 153 Å². The van der Waals surface area contributed by atoms with E-state index in [-0.39, 0.29) is 17.1 Å². The van der Waals surface area contributed by atoms with E-state index in [9.17, 15) is 15.0 Å². The van der Waals surface area contributed by atoms with Crippen molar-refractivity contribution in [1.82, 2.24) is 5.43 Å². The minimum Gasteiger partial charge on any atom is -0.507 e. The summed E-state index contributed by atoms with van der Waals surface area (Å²) in [7, 11) is 1.45. The van der Waals surface area contributed by atoms with E-state index >= 15 is 0 Å². The number of methoxy groups -OCH3 is 1. The number of halogens is 1. The summed E-state index contributed by atoms with van der Waals surface area (Å²) in [6.07, 6.45) is 3.54. The Kier molecular flexibility index (Phi) is 6.19. The maximum Gasteiger partial charge on any atom is 0.275 e. The van der Waals surface area contributed by atoms with Gasteiger partial charge in [-0.25, -0.2) is 5.43 Å². The third-order valence-electron chi connectivity index (χ3n) is 3.34. The molecule has 0 unspecified atom stereocenters. The molecular formula is C18H17BrN2O4. The van der Waals surface area contributed by atoms with Crippen LogP contribution in [0.5, 0.6) is 17.2 Å². The van der Waals surface area contributed by atoms with Crippen LogP contribution in [0, 0.1) is 0 Å². The maximum atomic E-state index is 12.1. The lowest BCUT2D eigenvalue weighted by Gasteiger charge is -2.09. The van der Waals surface area contributed by atoms with Gasteiger partial charge < -0.3 is 14.9 Å². The van der Waals surface area contributed by atoms with Crippen LogP contribution < -0.4 is 10.2 Å². The number of phenolic OH excluding ortho intramolecular Hbond substituents is 2. The van der Waals surface area contributed by atoms with Crippen molar-refractivity contribution in [2.24, 2.45) is 5.10 Å². The van der Waals surface area contributed by atoms with Gasteiger partial charge in [-0.15, -0.1) is 6.58 Å². The normalized spacial score (nSPS) is 10.6. The highest BCUT2D eigenvalue weighted by Crippen LogP contribution is 2.31. The molecule has 2 aromatic carbocycles. The van der Waals surface area contributed by atoms with Crippen LogP contribution in [0.4, 0.5) is 0 Å². The number of ether oxygens (including phenoxy) is 1. The third-order valence-corrected chi connectivity index (χ3v) is 3.84. The van der Waals surface area contributed by atoms with Gasteiger partial charge in [0.2, 0.25) is 0 Å². The fraction of sp³-hybridized carbons (Fsp3) is 0.111. The van der Waals surface area contributed by atoms with Crippen LogP contribution in [-0.2, 0) is 6.42 Å². The van der Waals surface area contributed by atoms with Crippen molar-refractivity contribution in [3.05, 3.63) is 64.1 Å². The topological polar surface area (TPSA) is 91.2 Å². The van der Waals surface area contributed by atoms with Crippen LogP contribution >= 0.6 is 15.9 Å². The summed E-state index contributed by atoms with van der Waals surface area (Å²) in [5.74, 6) is -0.345. The first-order valence-corrected chi connectivity index (χ1v) is 8.08. The zero-order chi connectivity index (χ0) is 18.4. The fourth-order valence-electron chi connectivity index (χ4n) is 2.15. The molecule has 6 nitrogen and oxygen atoms in total. The van der Waals surface area contributed by atoms with Crippen molar-refractivity contribution >= 4 is 28.1 Å². The highest BCUT2D eigenvalue weighted by molar-refractivity contribution is 9.10. The monoisotopic (exact) mass is 404 g/mol. The predicted molar refractivity (Wildman–Crippen MR) is 99.4 cm³/mol. The zero-order valence-electron chi connectivity index (χ0n) is 13.5. The summed E-state index contributed by atoms with van der Waals surface area (Å²) in [6.45, 7) is 3.65. The van der Waals surface area contributed by atoms with Crippen molar-refractivity contribution in [3.8, 4) is 17.2 Å². The summed E-state index contributed by atoms with van der Waals surface area (Å²) >= 11 is 3.24. The average molecular weight is 405 g/mol. The van der Waals surface area contributed by atoms with Gasteiger partial charge in [-0.2, -0.15) is 5.10 Å². The second-order valence-electron chi connectivity index (χ2n) is 5.08. The second kappa shape index (κ2) is 8.34. The molecule has 3 N–H and O–H groups in total. The molecule has 0 bridgehead atoms. The van der Waals surface area contributed by atoms with Crippen molar-refractivity contribution < 1.29 is 19.7 Å². The van der Waals surface area contributed by atoms with Gasteiger partial charge in [-0.05, 0) is 42.3 Å². The van der Waals surface area contributed by atoms with E-state index < -0.39 is 5.91 Å². The average Bonchev–Trinajstić information content (AvgIpc) is 2.59. The molecule has 0 aromatic heterocycles. The minimum atomic E-state index is -0.549. The minimum absolute atomic E-state index is 0.0441. The number of aromatic hydroxyl groups is 2. The van der Waals surface area contributed by atoms with Crippen molar-refractivity contribution in [3.63, 3.8) is 0 Å². The molecular weight excluding hydrogens is 388 g/mol. The number of hydrazone groups is 1. The first-order chi connectivity index (χ1) is 12.0. The van der Waals surface area contributed by atoms with E-state index in [0.29, 0.717) is 27.8 Å². The Morgan fingerprint density at radius 1 is 1.36 bits per heavy atom. The second-order valence-corrected chi connectivity index (χ2v) is 6.00. The molecule has 0 aliphatic carbocycles. The number of amides is 1. The van der Waals surface area contributed by atoms with Crippen LogP contribution in [0.2, 0.25) is 0 Å². The number of carbonyl (C=O) groups excluding carboxylic acids is 1. The standard InChI is InChI=1S/C18H17BrN2O4/c1-3-4-12-7-11(8-16(25-2)17(12)23)10-20-21-18(24)14-9-13(19)5-6-15(14)22/h3,5-10,22-23H,1,4H2,2H3,(H,21,24)/b20-10-. The van der Waals surface area contributed by atoms with Gasteiger partial charge in [0.15, 0.2) is 11.5 Å². The molecule has 2 rings (SSSR count). The Morgan fingerprint density at radius 3 is 2.80 bits per heavy atom. The smallest absolute Gasteiger partial charge is 0.275 e. The van der Waals surface area contributed by atoms with Gasteiger partial charge in [0.05, 0.1) is 18.9 Å². The van der Waals surface area contributed by atoms with Gasteiger partial charge in [0.25, 0.3) is 5.91 Å². The molecule has 25 heavy (non-hydrogen) atoms. The third kappa shape index (κ3) is 4.60. The van der Waals surface area contributed by atoms with E-state index in [4.69, 9.17) is 4.74 Å². The molecule has 0 spiro atoms. The van der Waals surface area contributed by atoms with Crippen molar-refractivity contribution in [2.45, 2.75) is 6.42 Å². The lowest BCUT2D eigenvalue weighted by atomic mass is 10.1. The van der Waals surface area contributed by atoms with E-state index in [1.54, 1.807) is 24.3 Å². The summed E-state index contributed by atoms with van der Waals surface area (Å²) < 4.78 is 5.79. The summed E-state index contributed by atoms with van der Waals surface area (Å²) in [6, 6.07) is 7.83. The molecule has 0 saturated heterocycles. The number of phenols is 2. The van der Waals surface area contributed by atoms with Gasteiger partial charge in [0, 0.05) is 10.0 Å². The quantitative estimate of drug-likeness (QED) is 0.391. The highest BCUT2D eigenvalue weighted by atomic mass is 79.9. The molecule has 2 aromatic rings. The molecule has 7 heteroatoms. The lowest BCUT2D eigenvalue weighted by molar-refractivity contribution is 0.0952. The van der Waals surface area contributed by atoms with E-state index in [1.165, 1.54) is 25.5 Å². The number of benzene rings is 2. The summed E-state index contributed by atoms with van der Waals surface area (Å²) in [4.78, 5) is 12.1. The molecule has 0 radical (unpaired) electrons. The molecule has 0 aliphatic rings. The van der Waals surface area contributed by atoms with E-state index in [1.807, 2.05) is 0 Å². The van der Waals surface area contributed by atoms with E-state index in [2.05, 4.69) is 33.0 Å². The predicted octanol–water partition coefficient (Wildman–Crippen LogP) is 3.36. The molecule has 130 valence electrons. The molecule has 0 aliphatic heterocycles.